The topological polar surface area (TPSA) is 92.5 Å². The molecule has 1 aromatic rings. The van der Waals surface area contributed by atoms with Crippen LogP contribution < -0.4 is 16.0 Å². The summed E-state index contributed by atoms with van der Waals surface area (Å²) in [5.41, 5.74) is 5.45. The first kappa shape index (κ1) is 19.4. The molecule has 1 aromatic carbocycles. The van der Waals surface area contributed by atoms with Gasteiger partial charge in [-0.1, -0.05) is 27.4 Å². The number of carbonyl (C=O) groups excluding carboxylic acids is 3. The summed E-state index contributed by atoms with van der Waals surface area (Å²) in [7, 11) is 1.62. The summed E-state index contributed by atoms with van der Waals surface area (Å²) in [5.74, 6) is -1.32. The molecule has 1 rings (SSSR count). The minimum atomic E-state index is -1.09. The van der Waals surface area contributed by atoms with Gasteiger partial charge in [0, 0.05) is 18.3 Å². The third kappa shape index (κ3) is 3.82. The maximum Gasteiger partial charge on any atom is 0.252 e. The van der Waals surface area contributed by atoms with Gasteiger partial charge in [0.2, 0.25) is 11.8 Å². The van der Waals surface area contributed by atoms with Gasteiger partial charge in [-0.05, 0) is 42.7 Å². The quantitative estimate of drug-likeness (QED) is 0.747. The van der Waals surface area contributed by atoms with Crippen molar-refractivity contribution >= 4 is 23.4 Å². The lowest BCUT2D eigenvalue weighted by atomic mass is 9.82. The molecule has 6 heteroatoms. The average Bonchev–Trinajstić information content (AvgIpc) is 2.57. The van der Waals surface area contributed by atoms with Gasteiger partial charge in [0.15, 0.2) is 0 Å². The highest BCUT2D eigenvalue weighted by Gasteiger charge is 2.39. The van der Waals surface area contributed by atoms with Gasteiger partial charge in [-0.2, -0.15) is 0 Å². The van der Waals surface area contributed by atoms with Crippen LogP contribution in [-0.2, 0) is 9.59 Å². The standard InChI is InChI=1S/C18H25N3O3/c1-6-15(22)21(5)14-10-8-13(9-11-14)16(23)20-18(7-2,12(3)4)17(19)24/h6,8-12H,1,7H2,2-5H3,(H2,19,24)(H,20,23). The summed E-state index contributed by atoms with van der Waals surface area (Å²) in [4.78, 5) is 37.4. The van der Waals surface area contributed by atoms with Crippen LogP contribution in [0.15, 0.2) is 36.9 Å². The number of anilines is 1. The Hall–Kier alpha value is -2.63. The molecule has 1 unspecified atom stereocenters. The first-order chi connectivity index (χ1) is 11.2. The average molecular weight is 331 g/mol. The van der Waals surface area contributed by atoms with Gasteiger partial charge in [-0.3, -0.25) is 14.4 Å². The van der Waals surface area contributed by atoms with E-state index in [0.717, 1.165) is 0 Å². The summed E-state index contributed by atoms with van der Waals surface area (Å²) in [6, 6.07) is 6.51. The van der Waals surface area contributed by atoms with Crippen LogP contribution >= 0.6 is 0 Å². The van der Waals surface area contributed by atoms with E-state index in [1.165, 1.54) is 11.0 Å². The molecular weight excluding hydrogens is 306 g/mol. The van der Waals surface area contributed by atoms with Gasteiger partial charge in [-0.15, -0.1) is 0 Å². The Morgan fingerprint density at radius 3 is 2.21 bits per heavy atom. The Morgan fingerprint density at radius 2 is 1.83 bits per heavy atom. The van der Waals surface area contributed by atoms with Gasteiger partial charge in [-0.25, -0.2) is 0 Å². The molecule has 130 valence electrons. The molecule has 0 radical (unpaired) electrons. The zero-order valence-corrected chi connectivity index (χ0v) is 14.6. The predicted molar refractivity (Wildman–Crippen MR) is 94.6 cm³/mol. The van der Waals surface area contributed by atoms with E-state index >= 15 is 0 Å². The lowest BCUT2D eigenvalue weighted by Crippen LogP contribution is -2.60. The Labute approximate surface area is 142 Å². The van der Waals surface area contributed by atoms with Gasteiger partial charge in [0.1, 0.15) is 5.54 Å². The smallest absolute Gasteiger partial charge is 0.252 e. The molecule has 0 heterocycles. The van der Waals surface area contributed by atoms with E-state index in [1.807, 2.05) is 20.8 Å². The van der Waals surface area contributed by atoms with Crippen molar-refractivity contribution in [3.8, 4) is 0 Å². The molecule has 0 aliphatic rings. The second-order valence-corrected chi connectivity index (χ2v) is 5.95. The molecule has 24 heavy (non-hydrogen) atoms. The van der Waals surface area contributed by atoms with Crippen LogP contribution in [0.5, 0.6) is 0 Å². The number of amides is 3. The summed E-state index contributed by atoms with van der Waals surface area (Å²) in [6.45, 7) is 8.93. The number of benzene rings is 1. The lowest BCUT2D eigenvalue weighted by molar-refractivity contribution is -0.126. The highest BCUT2D eigenvalue weighted by atomic mass is 16.2. The van der Waals surface area contributed by atoms with Crippen molar-refractivity contribution in [3.63, 3.8) is 0 Å². The largest absolute Gasteiger partial charge is 0.368 e. The highest BCUT2D eigenvalue weighted by molar-refractivity contribution is 6.02. The molecule has 0 aliphatic heterocycles. The minimum Gasteiger partial charge on any atom is -0.368 e. The van der Waals surface area contributed by atoms with Gasteiger partial charge < -0.3 is 16.0 Å². The van der Waals surface area contributed by atoms with Crippen LogP contribution in [0.1, 0.15) is 37.6 Å². The van der Waals surface area contributed by atoms with Gasteiger partial charge in [0.25, 0.3) is 5.91 Å². The fraction of sp³-hybridized carbons (Fsp3) is 0.389. The normalized spacial score (nSPS) is 13.0. The number of hydrogen-bond donors (Lipinski definition) is 2. The van der Waals surface area contributed by atoms with Crippen molar-refractivity contribution in [2.24, 2.45) is 11.7 Å². The number of primary amides is 1. The number of rotatable bonds is 7. The molecule has 0 saturated carbocycles. The third-order valence-corrected chi connectivity index (χ3v) is 4.34. The maximum absolute atomic E-state index is 12.5. The van der Waals surface area contributed by atoms with E-state index in [-0.39, 0.29) is 17.7 Å². The Kier molecular flexibility index (Phi) is 6.28. The molecule has 0 spiro atoms. The summed E-state index contributed by atoms with van der Waals surface area (Å²) < 4.78 is 0. The monoisotopic (exact) mass is 331 g/mol. The first-order valence-electron chi connectivity index (χ1n) is 7.82. The zero-order chi connectivity index (χ0) is 18.5. The van der Waals surface area contributed by atoms with E-state index < -0.39 is 11.4 Å². The molecule has 0 bridgehead atoms. The third-order valence-electron chi connectivity index (χ3n) is 4.34. The second kappa shape index (κ2) is 7.77. The molecule has 3 amide bonds. The van der Waals surface area contributed by atoms with Crippen LogP contribution in [0.25, 0.3) is 0 Å². The predicted octanol–water partition coefficient (Wildman–Crippen LogP) is 1.86. The molecular formula is C18H25N3O3. The minimum absolute atomic E-state index is 0.139. The molecule has 3 N–H and O–H groups in total. The van der Waals surface area contributed by atoms with E-state index in [2.05, 4.69) is 11.9 Å². The molecule has 0 aliphatic carbocycles. The van der Waals surface area contributed by atoms with Gasteiger partial charge >= 0.3 is 0 Å². The fourth-order valence-corrected chi connectivity index (χ4v) is 2.54. The highest BCUT2D eigenvalue weighted by Crippen LogP contribution is 2.22. The van der Waals surface area contributed by atoms with Crippen molar-refractivity contribution in [2.75, 3.05) is 11.9 Å². The molecule has 1 atom stereocenters. The van der Waals surface area contributed by atoms with Crippen LogP contribution in [0.2, 0.25) is 0 Å². The van der Waals surface area contributed by atoms with Crippen LogP contribution in [-0.4, -0.2) is 30.3 Å². The van der Waals surface area contributed by atoms with Crippen LogP contribution in [0, 0.1) is 5.92 Å². The number of carbonyl (C=O) groups is 3. The van der Waals surface area contributed by atoms with E-state index in [4.69, 9.17) is 5.73 Å². The fourth-order valence-electron chi connectivity index (χ4n) is 2.54. The first-order valence-corrected chi connectivity index (χ1v) is 7.82. The Balaban J connectivity index is 3.02. The second-order valence-electron chi connectivity index (χ2n) is 5.95. The Bertz CT molecular complexity index is 637. The summed E-state index contributed by atoms with van der Waals surface area (Å²) in [5, 5.41) is 2.77. The van der Waals surface area contributed by atoms with Crippen molar-refractivity contribution in [1.82, 2.24) is 5.32 Å². The summed E-state index contributed by atoms with van der Waals surface area (Å²) >= 11 is 0. The van der Waals surface area contributed by atoms with Crippen molar-refractivity contribution < 1.29 is 14.4 Å². The SMILES string of the molecule is C=CC(=O)N(C)c1ccc(C(=O)NC(CC)(C(N)=O)C(C)C)cc1. The summed E-state index contributed by atoms with van der Waals surface area (Å²) in [6.07, 6.45) is 1.62. The number of likely N-dealkylation sites (N-methyl/N-ethyl adjacent to an activating group) is 1. The zero-order valence-electron chi connectivity index (χ0n) is 14.6. The van der Waals surface area contributed by atoms with Crippen molar-refractivity contribution in [2.45, 2.75) is 32.7 Å². The molecule has 6 nitrogen and oxygen atoms in total. The molecule has 0 saturated heterocycles. The maximum atomic E-state index is 12.5. The number of hydrogen-bond acceptors (Lipinski definition) is 3. The van der Waals surface area contributed by atoms with Crippen molar-refractivity contribution in [1.29, 1.82) is 0 Å². The lowest BCUT2D eigenvalue weighted by Gasteiger charge is -2.34. The Morgan fingerprint density at radius 1 is 1.29 bits per heavy atom. The number of nitrogens with two attached hydrogens (primary N) is 1. The van der Waals surface area contributed by atoms with E-state index in [9.17, 15) is 14.4 Å². The van der Waals surface area contributed by atoms with Crippen LogP contribution in [0.3, 0.4) is 0 Å². The molecule has 0 aromatic heterocycles. The van der Waals surface area contributed by atoms with Gasteiger partial charge in [0.05, 0.1) is 0 Å². The van der Waals surface area contributed by atoms with Crippen molar-refractivity contribution in [3.05, 3.63) is 42.5 Å². The number of nitrogens with zero attached hydrogens (tertiary/aromatic N) is 1. The van der Waals surface area contributed by atoms with Crippen LogP contribution in [0.4, 0.5) is 5.69 Å². The van der Waals surface area contributed by atoms with E-state index in [1.54, 1.807) is 31.3 Å². The van der Waals surface area contributed by atoms with E-state index in [0.29, 0.717) is 17.7 Å². The number of nitrogens with one attached hydrogen (secondary N) is 1. The molecule has 0 fully saturated rings.